The molecule has 0 bridgehead atoms. The van der Waals surface area contributed by atoms with E-state index in [0.29, 0.717) is 13.2 Å². The lowest BCUT2D eigenvalue weighted by molar-refractivity contribution is -0.142. The lowest BCUT2D eigenvalue weighted by Crippen LogP contribution is -2.54. The van der Waals surface area contributed by atoms with Crippen molar-refractivity contribution in [3.8, 4) is 0 Å². The van der Waals surface area contributed by atoms with Crippen LogP contribution < -0.4 is 5.43 Å². The Labute approximate surface area is 111 Å². The van der Waals surface area contributed by atoms with Gasteiger partial charge in [-0.05, 0) is 6.54 Å². The molecule has 0 spiro atoms. The van der Waals surface area contributed by atoms with Gasteiger partial charge in [0.1, 0.15) is 6.54 Å². The van der Waals surface area contributed by atoms with Gasteiger partial charge in [-0.2, -0.15) is 0 Å². The minimum atomic E-state index is -0.609. The van der Waals surface area contributed by atoms with E-state index in [1.807, 2.05) is 6.92 Å². The van der Waals surface area contributed by atoms with E-state index in [2.05, 4.69) is 10.3 Å². The minimum absolute atomic E-state index is 0.134. The monoisotopic (exact) mass is 270 g/mol. The molecule has 2 heterocycles. The minimum Gasteiger partial charge on any atom is -0.366 e. The van der Waals surface area contributed by atoms with E-state index in [-0.39, 0.29) is 12.5 Å². The van der Waals surface area contributed by atoms with Crippen LogP contribution in [0, 0.1) is 0 Å². The highest BCUT2D eigenvalue weighted by Crippen LogP contribution is 2.08. The molecule has 19 heavy (non-hydrogen) atoms. The molecule has 1 atom stereocenters. The average Bonchev–Trinajstić information content (AvgIpc) is 2.66. The molecule has 0 aromatic rings. The first kappa shape index (κ1) is 13.8. The zero-order valence-electron chi connectivity index (χ0n) is 11.1. The lowest BCUT2D eigenvalue weighted by atomic mass is 10.2. The molecule has 2 rings (SSSR count). The van der Waals surface area contributed by atoms with Crippen LogP contribution in [-0.4, -0.2) is 78.6 Å². The van der Waals surface area contributed by atoms with E-state index in [9.17, 15) is 14.4 Å². The Morgan fingerprint density at radius 2 is 2.21 bits per heavy atom. The molecule has 1 N–H and O–H groups in total. The summed E-state index contributed by atoms with van der Waals surface area (Å²) in [7, 11) is 1.38. The van der Waals surface area contributed by atoms with Crippen molar-refractivity contribution in [3.63, 3.8) is 0 Å². The summed E-state index contributed by atoms with van der Waals surface area (Å²) in [5.41, 5.74) is 2.43. The molecule has 0 saturated carbocycles. The number of hydrogen-bond acceptors (Lipinski definition) is 5. The maximum absolute atomic E-state index is 12.0. The highest BCUT2D eigenvalue weighted by molar-refractivity contribution is 6.02. The lowest BCUT2D eigenvalue weighted by Gasteiger charge is -2.31. The molecule has 106 valence electrons. The Bertz CT molecular complexity index is 400. The van der Waals surface area contributed by atoms with Gasteiger partial charge in [-0.25, -0.2) is 9.80 Å². The van der Waals surface area contributed by atoms with Crippen LogP contribution in [0.5, 0.6) is 0 Å². The summed E-state index contributed by atoms with van der Waals surface area (Å²) in [5.74, 6) is -0.736. The summed E-state index contributed by atoms with van der Waals surface area (Å²) in [5, 5.41) is 1.01. The second-order valence-electron chi connectivity index (χ2n) is 4.55. The predicted octanol–water partition coefficient (Wildman–Crippen LogP) is -1.37. The smallest absolute Gasteiger partial charge is 0.345 e. The van der Waals surface area contributed by atoms with Gasteiger partial charge in [-0.1, -0.05) is 6.92 Å². The summed E-state index contributed by atoms with van der Waals surface area (Å²) in [6.45, 7) is 4.50. The number of likely N-dealkylation sites (N-methyl/N-ethyl adjacent to an activating group) is 2. The number of nitrogens with one attached hydrogen (secondary N) is 1. The van der Waals surface area contributed by atoms with Crippen LogP contribution in [0.1, 0.15) is 6.92 Å². The molecule has 0 radical (unpaired) electrons. The SMILES string of the molecule is CCN1CCOC(C(=O)NN2CC(=O)N(C)C2=O)C1. The number of hydrazine groups is 1. The van der Waals surface area contributed by atoms with Gasteiger partial charge >= 0.3 is 6.03 Å². The second kappa shape index (κ2) is 5.54. The van der Waals surface area contributed by atoms with Gasteiger partial charge in [0.25, 0.3) is 11.8 Å². The molecule has 4 amide bonds. The van der Waals surface area contributed by atoms with Crippen molar-refractivity contribution >= 4 is 17.8 Å². The molecule has 0 aliphatic carbocycles. The molecule has 0 aromatic carbocycles. The van der Waals surface area contributed by atoms with Crippen molar-refractivity contribution in [3.05, 3.63) is 0 Å². The third kappa shape index (κ3) is 2.85. The van der Waals surface area contributed by atoms with Gasteiger partial charge in [0, 0.05) is 20.1 Å². The molecule has 0 aromatic heterocycles. The van der Waals surface area contributed by atoms with E-state index in [4.69, 9.17) is 4.74 Å². The Morgan fingerprint density at radius 1 is 1.47 bits per heavy atom. The molecule has 2 aliphatic heterocycles. The highest BCUT2D eigenvalue weighted by atomic mass is 16.5. The summed E-state index contributed by atoms with van der Waals surface area (Å²) >= 11 is 0. The number of amides is 4. The topological polar surface area (TPSA) is 82.2 Å². The molecular weight excluding hydrogens is 252 g/mol. The maximum Gasteiger partial charge on any atom is 0.345 e. The van der Waals surface area contributed by atoms with E-state index in [1.165, 1.54) is 7.05 Å². The van der Waals surface area contributed by atoms with Crippen molar-refractivity contribution in [1.82, 2.24) is 20.2 Å². The van der Waals surface area contributed by atoms with Crippen LogP contribution in [0.3, 0.4) is 0 Å². The number of rotatable bonds is 3. The van der Waals surface area contributed by atoms with E-state index in [1.54, 1.807) is 0 Å². The fourth-order valence-corrected chi connectivity index (χ4v) is 2.04. The molecule has 8 heteroatoms. The fraction of sp³-hybridized carbons (Fsp3) is 0.727. The Kier molecular flexibility index (Phi) is 4.01. The maximum atomic E-state index is 12.0. The first-order valence-corrected chi connectivity index (χ1v) is 6.25. The summed E-state index contributed by atoms with van der Waals surface area (Å²) in [6, 6.07) is -0.526. The van der Waals surface area contributed by atoms with E-state index < -0.39 is 18.0 Å². The van der Waals surface area contributed by atoms with Gasteiger partial charge in [-0.3, -0.25) is 24.8 Å². The largest absolute Gasteiger partial charge is 0.366 e. The summed E-state index contributed by atoms with van der Waals surface area (Å²) < 4.78 is 5.38. The number of carbonyl (C=O) groups is 3. The van der Waals surface area contributed by atoms with Crippen molar-refractivity contribution in [1.29, 1.82) is 0 Å². The number of ether oxygens (including phenoxy) is 1. The fourth-order valence-electron chi connectivity index (χ4n) is 2.04. The number of morpholine rings is 1. The van der Waals surface area contributed by atoms with E-state index >= 15 is 0 Å². The molecule has 1 unspecified atom stereocenters. The van der Waals surface area contributed by atoms with Gasteiger partial charge in [0.15, 0.2) is 6.10 Å². The molecule has 2 aliphatic rings. The molecule has 2 fully saturated rings. The van der Waals surface area contributed by atoms with E-state index in [0.717, 1.165) is 23.0 Å². The van der Waals surface area contributed by atoms with Crippen molar-refractivity contribution in [2.24, 2.45) is 0 Å². The Morgan fingerprint density at radius 3 is 2.79 bits per heavy atom. The number of hydrogen-bond donors (Lipinski definition) is 1. The molecule has 2 saturated heterocycles. The first-order chi connectivity index (χ1) is 9.02. The predicted molar refractivity (Wildman–Crippen MR) is 64.9 cm³/mol. The third-order valence-corrected chi connectivity index (χ3v) is 3.32. The first-order valence-electron chi connectivity index (χ1n) is 6.25. The average molecular weight is 270 g/mol. The summed E-state index contributed by atoms with van der Waals surface area (Å²) in [6.07, 6.45) is -0.609. The molecular formula is C11H18N4O4. The second-order valence-corrected chi connectivity index (χ2v) is 4.55. The zero-order valence-corrected chi connectivity index (χ0v) is 11.1. The standard InChI is InChI=1S/C11H18N4O4/c1-3-14-4-5-19-8(6-14)10(17)12-15-7-9(16)13(2)11(15)18/h8H,3-7H2,1-2H3,(H,12,17). The van der Waals surface area contributed by atoms with Crippen molar-refractivity contribution in [2.75, 3.05) is 39.8 Å². The quantitative estimate of drug-likeness (QED) is 0.640. The van der Waals surface area contributed by atoms with Crippen LogP contribution in [0.4, 0.5) is 4.79 Å². The number of nitrogens with zero attached hydrogens (tertiary/aromatic N) is 3. The van der Waals surface area contributed by atoms with Crippen LogP contribution >= 0.6 is 0 Å². The molecule has 8 nitrogen and oxygen atoms in total. The van der Waals surface area contributed by atoms with Crippen LogP contribution in [-0.2, 0) is 14.3 Å². The van der Waals surface area contributed by atoms with Crippen molar-refractivity contribution < 1.29 is 19.1 Å². The van der Waals surface area contributed by atoms with Gasteiger partial charge in [0.05, 0.1) is 6.61 Å². The summed E-state index contributed by atoms with van der Waals surface area (Å²) in [4.78, 5) is 38.0. The van der Waals surface area contributed by atoms with Gasteiger partial charge in [-0.15, -0.1) is 0 Å². The number of imide groups is 1. The number of carbonyl (C=O) groups excluding carboxylic acids is 3. The third-order valence-electron chi connectivity index (χ3n) is 3.32. The van der Waals surface area contributed by atoms with Crippen LogP contribution in [0.25, 0.3) is 0 Å². The number of urea groups is 1. The Balaban J connectivity index is 1.91. The zero-order chi connectivity index (χ0) is 14.0. The van der Waals surface area contributed by atoms with Crippen molar-refractivity contribution in [2.45, 2.75) is 13.0 Å². The van der Waals surface area contributed by atoms with Gasteiger partial charge < -0.3 is 4.74 Å². The normalized spacial score (nSPS) is 25.1. The highest BCUT2D eigenvalue weighted by Gasteiger charge is 2.36. The van der Waals surface area contributed by atoms with Gasteiger partial charge in [0.2, 0.25) is 0 Å². The van der Waals surface area contributed by atoms with Crippen LogP contribution in [0.15, 0.2) is 0 Å². The van der Waals surface area contributed by atoms with Crippen LogP contribution in [0.2, 0.25) is 0 Å². The Hall–Kier alpha value is -1.67.